The Morgan fingerprint density at radius 3 is 2.53 bits per heavy atom. The first kappa shape index (κ1) is 13.6. The molecule has 1 atom stereocenters. The van der Waals surface area contributed by atoms with Gasteiger partial charge < -0.3 is 10.0 Å². The molecule has 0 saturated carbocycles. The third-order valence-electron chi connectivity index (χ3n) is 3.74. The summed E-state index contributed by atoms with van der Waals surface area (Å²) in [7, 11) is 0. The van der Waals surface area contributed by atoms with Gasteiger partial charge in [0, 0.05) is 18.2 Å². The largest absolute Gasteiger partial charge is 0.481 e. The molecule has 0 aliphatic carbocycles. The maximum absolute atomic E-state index is 12.6. The summed E-state index contributed by atoms with van der Waals surface area (Å²) in [5, 5.41) is 8.92. The van der Waals surface area contributed by atoms with Gasteiger partial charge in [-0.15, -0.1) is 0 Å². The first-order valence-electron chi connectivity index (χ1n) is 6.59. The molecule has 102 valence electrons. The summed E-state index contributed by atoms with van der Waals surface area (Å²) in [6, 6.07) is 5.61. The number of rotatable bonds is 3. The minimum absolute atomic E-state index is 0.0284. The van der Waals surface area contributed by atoms with Crippen molar-refractivity contribution in [1.82, 2.24) is 4.90 Å². The lowest BCUT2D eigenvalue weighted by atomic mass is 10.0. The number of hydrogen-bond acceptors (Lipinski definition) is 2. The zero-order valence-corrected chi connectivity index (χ0v) is 11.3. The van der Waals surface area contributed by atoms with E-state index in [0.29, 0.717) is 6.54 Å². The second-order valence-corrected chi connectivity index (χ2v) is 5.16. The van der Waals surface area contributed by atoms with Crippen LogP contribution in [-0.4, -0.2) is 34.5 Å². The molecule has 1 fully saturated rings. The second kappa shape index (κ2) is 5.43. The van der Waals surface area contributed by atoms with Crippen LogP contribution in [0.2, 0.25) is 0 Å². The van der Waals surface area contributed by atoms with Gasteiger partial charge in [-0.25, -0.2) is 0 Å². The predicted octanol–water partition coefficient (Wildman–Crippen LogP) is 2.38. The number of carbonyl (C=O) groups is 2. The van der Waals surface area contributed by atoms with Gasteiger partial charge in [0.05, 0.1) is 6.42 Å². The van der Waals surface area contributed by atoms with Crippen LogP contribution in [0, 0.1) is 13.8 Å². The summed E-state index contributed by atoms with van der Waals surface area (Å²) in [5.74, 6) is -0.870. The average Bonchev–Trinajstić information content (AvgIpc) is 2.75. The van der Waals surface area contributed by atoms with E-state index in [1.807, 2.05) is 32.0 Å². The second-order valence-electron chi connectivity index (χ2n) is 5.16. The third kappa shape index (κ3) is 2.78. The monoisotopic (exact) mass is 261 g/mol. The van der Waals surface area contributed by atoms with E-state index in [1.54, 1.807) is 4.90 Å². The Hall–Kier alpha value is -1.84. The highest BCUT2D eigenvalue weighted by Crippen LogP contribution is 2.25. The SMILES string of the molecule is Cc1cccc(C)c1C(=O)N1CCCC1CC(=O)O. The molecule has 1 N–H and O–H groups in total. The van der Waals surface area contributed by atoms with Gasteiger partial charge in [0.1, 0.15) is 0 Å². The molecule has 1 amide bonds. The summed E-state index contributed by atoms with van der Waals surface area (Å²) in [6.07, 6.45) is 1.70. The highest BCUT2D eigenvalue weighted by molar-refractivity contribution is 5.97. The van der Waals surface area contributed by atoms with Crippen LogP contribution in [0.15, 0.2) is 18.2 Å². The number of nitrogens with zero attached hydrogens (tertiary/aromatic N) is 1. The Balaban J connectivity index is 2.26. The Kier molecular flexibility index (Phi) is 3.88. The quantitative estimate of drug-likeness (QED) is 0.908. The molecule has 19 heavy (non-hydrogen) atoms. The topological polar surface area (TPSA) is 57.6 Å². The Labute approximate surface area is 113 Å². The van der Waals surface area contributed by atoms with Crippen molar-refractivity contribution < 1.29 is 14.7 Å². The molecular weight excluding hydrogens is 242 g/mol. The number of hydrogen-bond donors (Lipinski definition) is 1. The number of carboxylic acid groups (broad SMARTS) is 1. The Morgan fingerprint density at radius 2 is 1.95 bits per heavy atom. The van der Waals surface area contributed by atoms with Gasteiger partial charge in [0.2, 0.25) is 0 Å². The lowest BCUT2D eigenvalue weighted by Gasteiger charge is -2.25. The highest BCUT2D eigenvalue weighted by atomic mass is 16.4. The number of aliphatic carboxylic acids is 1. The molecule has 1 unspecified atom stereocenters. The molecule has 4 heteroatoms. The fourth-order valence-corrected chi connectivity index (χ4v) is 2.81. The van der Waals surface area contributed by atoms with Crippen molar-refractivity contribution in [3.05, 3.63) is 34.9 Å². The molecule has 1 saturated heterocycles. The van der Waals surface area contributed by atoms with E-state index in [2.05, 4.69) is 0 Å². The summed E-state index contributed by atoms with van der Waals surface area (Å²) in [4.78, 5) is 25.2. The first-order valence-corrected chi connectivity index (χ1v) is 6.59. The Bertz CT molecular complexity index is 490. The van der Waals surface area contributed by atoms with E-state index in [4.69, 9.17) is 5.11 Å². The summed E-state index contributed by atoms with van der Waals surface area (Å²) < 4.78 is 0. The first-order chi connectivity index (χ1) is 9.00. The molecule has 4 nitrogen and oxygen atoms in total. The molecule has 1 aromatic rings. The number of carbonyl (C=O) groups excluding carboxylic acids is 1. The summed E-state index contributed by atoms with van der Waals surface area (Å²) >= 11 is 0. The smallest absolute Gasteiger partial charge is 0.305 e. The number of benzene rings is 1. The standard InChI is InChI=1S/C15H19NO3/c1-10-5-3-6-11(2)14(10)15(19)16-8-4-7-12(16)9-13(17)18/h3,5-6,12H,4,7-9H2,1-2H3,(H,17,18). The van der Waals surface area contributed by atoms with Crippen LogP contribution in [-0.2, 0) is 4.79 Å². The number of aryl methyl sites for hydroxylation is 2. The van der Waals surface area contributed by atoms with Crippen molar-refractivity contribution in [2.45, 2.75) is 39.2 Å². The Morgan fingerprint density at radius 1 is 1.32 bits per heavy atom. The van der Waals surface area contributed by atoms with Crippen molar-refractivity contribution in [2.75, 3.05) is 6.54 Å². The molecule has 0 bridgehead atoms. The van der Waals surface area contributed by atoms with Gasteiger partial charge in [-0.2, -0.15) is 0 Å². The maximum atomic E-state index is 12.6. The zero-order valence-electron chi connectivity index (χ0n) is 11.3. The van der Waals surface area contributed by atoms with Crippen LogP contribution in [0.25, 0.3) is 0 Å². The van der Waals surface area contributed by atoms with Gasteiger partial charge in [-0.1, -0.05) is 18.2 Å². The van der Waals surface area contributed by atoms with Crippen molar-refractivity contribution in [2.24, 2.45) is 0 Å². The molecular formula is C15H19NO3. The van der Waals surface area contributed by atoms with Crippen LogP contribution >= 0.6 is 0 Å². The third-order valence-corrected chi connectivity index (χ3v) is 3.74. The minimum Gasteiger partial charge on any atom is -0.481 e. The van der Waals surface area contributed by atoms with E-state index >= 15 is 0 Å². The molecule has 0 spiro atoms. The van der Waals surface area contributed by atoms with Gasteiger partial charge in [0.25, 0.3) is 5.91 Å². The lowest BCUT2D eigenvalue weighted by Crippen LogP contribution is -2.37. The molecule has 0 radical (unpaired) electrons. The summed E-state index contributed by atoms with van der Waals surface area (Å²) in [5.41, 5.74) is 2.62. The lowest BCUT2D eigenvalue weighted by molar-refractivity contribution is -0.137. The van der Waals surface area contributed by atoms with Crippen LogP contribution in [0.5, 0.6) is 0 Å². The number of amides is 1. The van der Waals surface area contributed by atoms with E-state index in [9.17, 15) is 9.59 Å². The molecule has 0 aromatic heterocycles. The fourth-order valence-electron chi connectivity index (χ4n) is 2.81. The van der Waals surface area contributed by atoms with Gasteiger partial charge in [-0.05, 0) is 37.8 Å². The van der Waals surface area contributed by atoms with Crippen molar-refractivity contribution in [3.63, 3.8) is 0 Å². The van der Waals surface area contributed by atoms with Crippen LogP contribution < -0.4 is 0 Å². The highest BCUT2D eigenvalue weighted by Gasteiger charge is 2.31. The minimum atomic E-state index is -0.841. The van der Waals surface area contributed by atoms with E-state index in [1.165, 1.54) is 0 Å². The van der Waals surface area contributed by atoms with Gasteiger partial charge >= 0.3 is 5.97 Å². The summed E-state index contributed by atoms with van der Waals surface area (Å²) in [6.45, 7) is 4.50. The van der Waals surface area contributed by atoms with Crippen LogP contribution in [0.3, 0.4) is 0 Å². The fraction of sp³-hybridized carbons (Fsp3) is 0.467. The molecule has 1 aliphatic heterocycles. The van der Waals surface area contributed by atoms with Crippen molar-refractivity contribution >= 4 is 11.9 Å². The van der Waals surface area contributed by atoms with E-state index in [-0.39, 0.29) is 18.4 Å². The van der Waals surface area contributed by atoms with Gasteiger partial charge in [-0.3, -0.25) is 9.59 Å². The van der Waals surface area contributed by atoms with Crippen molar-refractivity contribution in [1.29, 1.82) is 0 Å². The van der Waals surface area contributed by atoms with Crippen molar-refractivity contribution in [3.8, 4) is 0 Å². The van der Waals surface area contributed by atoms with E-state index < -0.39 is 5.97 Å². The predicted molar refractivity (Wildman–Crippen MR) is 72.2 cm³/mol. The van der Waals surface area contributed by atoms with E-state index in [0.717, 1.165) is 29.5 Å². The normalized spacial score (nSPS) is 18.6. The number of carboxylic acids is 1. The zero-order chi connectivity index (χ0) is 14.0. The molecule has 1 aliphatic rings. The van der Waals surface area contributed by atoms with Crippen LogP contribution in [0.4, 0.5) is 0 Å². The molecule has 1 aromatic carbocycles. The number of likely N-dealkylation sites (tertiary alicyclic amines) is 1. The van der Waals surface area contributed by atoms with Crippen LogP contribution in [0.1, 0.15) is 40.7 Å². The average molecular weight is 261 g/mol. The van der Waals surface area contributed by atoms with Gasteiger partial charge in [0.15, 0.2) is 0 Å². The maximum Gasteiger partial charge on any atom is 0.305 e. The molecule has 2 rings (SSSR count). The molecule has 1 heterocycles.